The molecule has 0 saturated heterocycles. The summed E-state index contributed by atoms with van der Waals surface area (Å²) in [4.78, 5) is 23.8. The van der Waals surface area contributed by atoms with Crippen LogP contribution in [0.2, 0.25) is 0 Å². The molecule has 42 heavy (non-hydrogen) atoms. The lowest BCUT2D eigenvalue weighted by Crippen LogP contribution is -2.10. The lowest BCUT2D eigenvalue weighted by molar-refractivity contribution is -0.143. The van der Waals surface area contributed by atoms with Crippen molar-refractivity contribution in [3.05, 3.63) is 83.3 Å². The van der Waals surface area contributed by atoms with Crippen LogP contribution in [-0.2, 0) is 28.5 Å². The summed E-state index contributed by atoms with van der Waals surface area (Å²) in [6.45, 7) is 5.32. The highest BCUT2D eigenvalue weighted by Gasteiger charge is 2.12. The molecule has 0 heterocycles. The molecular weight excluding hydrogens is 528 g/mol. The van der Waals surface area contributed by atoms with E-state index in [1.54, 1.807) is 12.2 Å². The highest BCUT2D eigenvalue weighted by molar-refractivity contribution is 5.92. The molecule has 0 N–H and O–H groups in total. The van der Waals surface area contributed by atoms with E-state index >= 15 is 0 Å². The Kier molecular flexibility index (Phi) is 21.9. The quantitative estimate of drug-likeness (QED) is 0.0673. The van der Waals surface area contributed by atoms with Crippen LogP contribution < -0.4 is 0 Å². The molecule has 232 valence electrons. The van der Waals surface area contributed by atoms with Gasteiger partial charge < -0.3 is 18.9 Å². The first-order valence-corrected chi connectivity index (χ1v) is 15.5. The predicted octanol–water partition coefficient (Wildman–Crippen LogP) is 9.16. The van der Waals surface area contributed by atoms with Crippen molar-refractivity contribution in [3.63, 3.8) is 0 Å². The number of esters is 2. The number of ether oxygens (including phenoxy) is 4. The zero-order valence-corrected chi connectivity index (χ0v) is 26.3. The molecule has 2 rings (SSSR count). The van der Waals surface area contributed by atoms with E-state index in [1.807, 2.05) is 60.7 Å². The molecule has 0 fully saturated rings. The van der Waals surface area contributed by atoms with Gasteiger partial charge in [0.25, 0.3) is 0 Å². The number of benzene rings is 2. The Labute approximate surface area is 254 Å². The molecule has 6 heteroatoms. The second-order valence-electron chi connectivity index (χ2n) is 10.1. The third kappa shape index (κ3) is 18.0. The van der Waals surface area contributed by atoms with Crippen molar-refractivity contribution in [2.45, 2.75) is 90.9 Å². The van der Waals surface area contributed by atoms with Crippen LogP contribution in [0.25, 0.3) is 12.2 Å². The van der Waals surface area contributed by atoms with E-state index in [0.29, 0.717) is 13.2 Å². The van der Waals surface area contributed by atoms with Crippen LogP contribution in [0.4, 0.5) is 0 Å². The third-order valence-corrected chi connectivity index (χ3v) is 6.50. The summed E-state index contributed by atoms with van der Waals surface area (Å²) in [5.41, 5.74) is 1.84. The smallest absolute Gasteiger partial charge is 0.373 e. The molecule has 0 aliphatic rings. The van der Waals surface area contributed by atoms with Gasteiger partial charge in [-0.05, 0) is 36.1 Å². The molecule has 0 saturated carbocycles. The topological polar surface area (TPSA) is 71.1 Å². The maximum atomic E-state index is 11.9. The van der Waals surface area contributed by atoms with Gasteiger partial charge in [0.15, 0.2) is 0 Å². The van der Waals surface area contributed by atoms with Gasteiger partial charge >= 0.3 is 11.9 Å². The van der Waals surface area contributed by atoms with Crippen LogP contribution in [-0.4, -0.2) is 39.4 Å². The van der Waals surface area contributed by atoms with E-state index in [4.69, 9.17) is 18.9 Å². The van der Waals surface area contributed by atoms with Crippen molar-refractivity contribution in [2.75, 3.05) is 27.4 Å². The standard InChI is InChI=1S/2C18H26O3/c2*1-3-4-5-6-7-11-14-21-18(19)17(20-2)15-16-12-9-8-10-13-16/h2*8-10,12-13,15H,3-7,11,14H2,1-2H3. The minimum Gasteiger partial charge on any atom is -0.490 e. The Morgan fingerprint density at radius 3 is 1.19 bits per heavy atom. The zero-order valence-electron chi connectivity index (χ0n) is 26.3. The molecule has 2 aromatic rings. The summed E-state index contributed by atoms with van der Waals surface area (Å²) in [5, 5.41) is 0. The number of rotatable bonds is 20. The van der Waals surface area contributed by atoms with Gasteiger partial charge in [-0.1, -0.05) is 139 Å². The predicted molar refractivity (Wildman–Crippen MR) is 172 cm³/mol. The van der Waals surface area contributed by atoms with Crippen LogP contribution in [0.1, 0.15) is 102 Å². The van der Waals surface area contributed by atoms with Gasteiger partial charge in [-0.2, -0.15) is 0 Å². The zero-order chi connectivity index (χ0) is 30.7. The van der Waals surface area contributed by atoms with Crippen LogP contribution in [0.3, 0.4) is 0 Å². The van der Waals surface area contributed by atoms with E-state index < -0.39 is 11.9 Å². The first-order valence-electron chi connectivity index (χ1n) is 15.5. The summed E-state index contributed by atoms with van der Waals surface area (Å²) in [5.74, 6) is -0.302. The number of carbonyl (C=O) groups is 2. The molecule has 0 atom stereocenters. The fourth-order valence-electron chi connectivity index (χ4n) is 4.04. The molecule has 0 aliphatic heterocycles. The van der Waals surface area contributed by atoms with E-state index in [9.17, 15) is 9.59 Å². The Hall–Kier alpha value is -3.54. The molecule has 0 amide bonds. The fraction of sp³-hybridized carbons (Fsp3) is 0.500. The van der Waals surface area contributed by atoms with Crippen molar-refractivity contribution < 1.29 is 28.5 Å². The van der Waals surface area contributed by atoms with Gasteiger partial charge in [-0.15, -0.1) is 0 Å². The normalized spacial score (nSPS) is 11.2. The third-order valence-electron chi connectivity index (χ3n) is 6.50. The maximum Gasteiger partial charge on any atom is 0.373 e. The van der Waals surface area contributed by atoms with Gasteiger partial charge in [0, 0.05) is 0 Å². The Bertz CT molecular complexity index is 930. The van der Waals surface area contributed by atoms with Gasteiger partial charge in [0.2, 0.25) is 11.5 Å². The molecule has 0 aromatic heterocycles. The molecular formula is C36H52O6. The highest BCUT2D eigenvalue weighted by atomic mass is 16.6. The minimum atomic E-state index is -0.394. The first kappa shape index (κ1) is 36.5. The molecule has 2 aromatic carbocycles. The highest BCUT2D eigenvalue weighted by Crippen LogP contribution is 2.12. The van der Waals surface area contributed by atoms with Gasteiger partial charge in [0.05, 0.1) is 27.4 Å². The Morgan fingerprint density at radius 2 is 0.857 bits per heavy atom. The summed E-state index contributed by atoms with van der Waals surface area (Å²) < 4.78 is 20.7. The molecule has 0 bridgehead atoms. The first-order chi connectivity index (χ1) is 20.5. The van der Waals surface area contributed by atoms with Crippen LogP contribution >= 0.6 is 0 Å². The van der Waals surface area contributed by atoms with Crippen LogP contribution in [0, 0.1) is 0 Å². The number of carbonyl (C=O) groups excluding carboxylic acids is 2. The molecule has 0 aliphatic carbocycles. The lowest BCUT2D eigenvalue weighted by Gasteiger charge is -2.07. The average molecular weight is 581 g/mol. The largest absolute Gasteiger partial charge is 0.490 e. The van der Waals surface area contributed by atoms with E-state index in [0.717, 1.165) is 36.8 Å². The SMILES string of the molecule is CCCCCCCCOC(=O)C(=Cc1ccccc1)OC.CCCCCCCCOC(=O)C(=Cc1ccccc1)OC. The van der Waals surface area contributed by atoms with E-state index in [1.165, 1.54) is 65.6 Å². The lowest BCUT2D eigenvalue weighted by atomic mass is 10.1. The van der Waals surface area contributed by atoms with E-state index in [2.05, 4.69) is 13.8 Å². The van der Waals surface area contributed by atoms with Gasteiger partial charge in [-0.25, -0.2) is 9.59 Å². The Balaban J connectivity index is 0.000000420. The van der Waals surface area contributed by atoms with Crippen molar-refractivity contribution in [1.29, 1.82) is 0 Å². The van der Waals surface area contributed by atoms with E-state index in [-0.39, 0.29) is 11.5 Å². The number of hydrogen-bond acceptors (Lipinski definition) is 6. The van der Waals surface area contributed by atoms with Gasteiger partial charge in [-0.3, -0.25) is 0 Å². The second kappa shape index (κ2) is 25.2. The number of hydrogen-bond donors (Lipinski definition) is 0. The molecule has 0 spiro atoms. The number of unbranched alkanes of at least 4 members (excludes halogenated alkanes) is 10. The fourth-order valence-corrected chi connectivity index (χ4v) is 4.04. The molecule has 0 unspecified atom stereocenters. The maximum absolute atomic E-state index is 11.9. The van der Waals surface area contributed by atoms with Crippen molar-refractivity contribution in [2.24, 2.45) is 0 Å². The monoisotopic (exact) mass is 580 g/mol. The summed E-state index contributed by atoms with van der Waals surface area (Å²) in [6.07, 6.45) is 17.5. The summed E-state index contributed by atoms with van der Waals surface area (Å²) >= 11 is 0. The Morgan fingerprint density at radius 1 is 0.524 bits per heavy atom. The second-order valence-corrected chi connectivity index (χ2v) is 10.1. The minimum absolute atomic E-state index is 0.243. The van der Waals surface area contributed by atoms with Crippen LogP contribution in [0.15, 0.2) is 72.2 Å². The summed E-state index contributed by atoms with van der Waals surface area (Å²) in [6, 6.07) is 19.2. The summed E-state index contributed by atoms with van der Waals surface area (Å²) in [7, 11) is 2.97. The van der Waals surface area contributed by atoms with Crippen molar-refractivity contribution >= 4 is 24.1 Å². The number of methoxy groups -OCH3 is 2. The van der Waals surface area contributed by atoms with Gasteiger partial charge in [0.1, 0.15) is 0 Å². The molecule has 0 radical (unpaired) electrons. The van der Waals surface area contributed by atoms with Crippen molar-refractivity contribution in [3.8, 4) is 0 Å². The van der Waals surface area contributed by atoms with Crippen molar-refractivity contribution in [1.82, 2.24) is 0 Å². The average Bonchev–Trinajstić information content (AvgIpc) is 3.02. The molecule has 6 nitrogen and oxygen atoms in total. The van der Waals surface area contributed by atoms with Crippen LogP contribution in [0.5, 0.6) is 0 Å².